The van der Waals surface area contributed by atoms with Crippen LogP contribution in [0.5, 0.6) is 11.5 Å². The molecule has 0 aliphatic heterocycles. The van der Waals surface area contributed by atoms with Gasteiger partial charge in [0.05, 0.1) is 23.9 Å². The molecule has 160 valence electrons. The number of benzene rings is 2. The van der Waals surface area contributed by atoms with Gasteiger partial charge in [-0.2, -0.15) is 5.10 Å². The number of ether oxygens (including phenoxy) is 2. The average molecular weight is 476 g/mol. The van der Waals surface area contributed by atoms with Crippen molar-refractivity contribution in [3.05, 3.63) is 52.5 Å². The second kappa shape index (κ2) is 12.6. The first-order valence-electron chi connectivity index (χ1n) is 9.79. The van der Waals surface area contributed by atoms with Crippen LogP contribution in [0.15, 0.2) is 52.0 Å². The van der Waals surface area contributed by atoms with Gasteiger partial charge in [-0.1, -0.05) is 25.1 Å². The average Bonchev–Trinajstić information content (AvgIpc) is 2.73. The van der Waals surface area contributed by atoms with E-state index in [1.807, 2.05) is 38.1 Å². The molecule has 2 rings (SSSR count). The van der Waals surface area contributed by atoms with E-state index in [9.17, 15) is 9.59 Å². The van der Waals surface area contributed by atoms with Crippen LogP contribution in [0, 0.1) is 0 Å². The number of nitrogens with one attached hydrogen (secondary N) is 2. The summed E-state index contributed by atoms with van der Waals surface area (Å²) in [4.78, 5) is 23.8. The molecule has 2 aromatic rings. The van der Waals surface area contributed by atoms with E-state index in [1.165, 1.54) is 6.21 Å². The SMILES string of the molecule is CCCOc1c(Br)cc(C=NNC(=O)CCC(=O)Nc2ccccc2)cc1OCC. The number of hydrogen-bond donors (Lipinski definition) is 2. The van der Waals surface area contributed by atoms with Gasteiger partial charge in [0.1, 0.15) is 0 Å². The zero-order valence-corrected chi connectivity index (χ0v) is 18.7. The van der Waals surface area contributed by atoms with Crippen LogP contribution >= 0.6 is 15.9 Å². The number of rotatable bonds is 11. The molecule has 0 fully saturated rings. The Morgan fingerprint density at radius 1 is 1.07 bits per heavy atom. The summed E-state index contributed by atoms with van der Waals surface area (Å²) in [6.07, 6.45) is 2.50. The molecule has 0 unspecified atom stereocenters. The first-order valence-corrected chi connectivity index (χ1v) is 10.6. The Labute approximate surface area is 185 Å². The van der Waals surface area contributed by atoms with E-state index in [4.69, 9.17) is 9.47 Å². The second-order valence-corrected chi connectivity index (χ2v) is 7.17. The van der Waals surface area contributed by atoms with Crippen molar-refractivity contribution in [1.29, 1.82) is 0 Å². The van der Waals surface area contributed by atoms with E-state index in [0.29, 0.717) is 30.4 Å². The van der Waals surface area contributed by atoms with Gasteiger partial charge in [-0.15, -0.1) is 0 Å². The minimum Gasteiger partial charge on any atom is -0.490 e. The molecule has 7 nitrogen and oxygen atoms in total. The minimum absolute atomic E-state index is 0.0354. The van der Waals surface area contributed by atoms with Gasteiger partial charge in [-0.05, 0) is 59.1 Å². The number of halogens is 1. The fraction of sp³-hybridized carbons (Fsp3) is 0.318. The van der Waals surface area contributed by atoms with Crippen LogP contribution in [0.3, 0.4) is 0 Å². The van der Waals surface area contributed by atoms with Gasteiger partial charge in [0.25, 0.3) is 0 Å². The summed E-state index contributed by atoms with van der Waals surface area (Å²) in [6, 6.07) is 12.7. The maximum atomic E-state index is 11.9. The second-order valence-electron chi connectivity index (χ2n) is 6.32. The van der Waals surface area contributed by atoms with Gasteiger partial charge in [0.15, 0.2) is 11.5 Å². The zero-order valence-electron chi connectivity index (χ0n) is 17.1. The number of amides is 2. The maximum Gasteiger partial charge on any atom is 0.240 e. The smallest absolute Gasteiger partial charge is 0.240 e. The molecule has 0 aliphatic rings. The van der Waals surface area contributed by atoms with Gasteiger partial charge >= 0.3 is 0 Å². The summed E-state index contributed by atoms with van der Waals surface area (Å²) in [5, 5.41) is 6.70. The lowest BCUT2D eigenvalue weighted by Crippen LogP contribution is -2.20. The molecule has 0 saturated carbocycles. The van der Waals surface area contributed by atoms with Crippen molar-refractivity contribution in [3.63, 3.8) is 0 Å². The van der Waals surface area contributed by atoms with Crippen molar-refractivity contribution in [3.8, 4) is 11.5 Å². The lowest BCUT2D eigenvalue weighted by atomic mass is 10.2. The van der Waals surface area contributed by atoms with E-state index >= 15 is 0 Å². The quantitative estimate of drug-likeness (QED) is 0.369. The molecule has 0 bridgehead atoms. The first-order chi connectivity index (χ1) is 14.5. The van der Waals surface area contributed by atoms with Crippen LogP contribution in [0.25, 0.3) is 0 Å². The number of para-hydroxylation sites is 1. The fourth-order valence-corrected chi connectivity index (χ4v) is 3.05. The van der Waals surface area contributed by atoms with E-state index < -0.39 is 0 Å². The Morgan fingerprint density at radius 3 is 2.50 bits per heavy atom. The molecular weight excluding hydrogens is 450 g/mol. The summed E-state index contributed by atoms with van der Waals surface area (Å²) < 4.78 is 12.1. The number of carbonyl (C=O) groups excluding carboxylic acids is 2. The van der Waals surface area contributed by atoms with Gasteiger partial charge < -0.3 is 14.8 Å². The highest BCUT2D eigenvalue weighted by Gasteiger charge is 2.12. The van der Waals surface area contributed by atoms with Gasteiger partial charge in [-0.3, -0.25) is 9.59 Å². The summed E-state index contributed by atoms with van der Waals surface area (Å²) in [5.41, 5.74) is 3.86. The highest BCUT2D eigenvalue weighted by Crippen LogP contribution is 2.36. The van der Waals surface area contributed by atoms with E-state index in [-0.39, 0.29) is 24.7 Å². The molecule has 0 radical (unpaired) electrons. The Morgan fingerprint density at radius 2 is 1.80 bits per heavy atom. The third-order valence-electron chi connectivity index (χ3n) is 3.82. The molecule has 2 amide bonds. The van der Waals surface area contributed by atoms with E-state index in [0.717, 1.165) is 16.5 Å². The van der Waals surface area contributed by atoms with Crippen LogP contribution in [0.1, 0.15) is 38.7 Å². The molecule has 0 atom stereocenters. The van der Waals surface area contributed by atoms with Crippen LogP contribution in [-0.4, -0.2) is 31.2 Å². The summed E-state index contributed by atoms with van der Waals surface area (Å²) in [7, 11) is 0. The largest absolute Gasteiger partial charge is 0.490 e. The molecule has 0 heterocycles. The lowest BCUT2D eigenvalue weighted by Gasteiger charge is -2.14. The number of carbonyl (C=O) groups is 2. The van der Waals surface area contributed by atoms with E-state index in [1.54, 1.807) is 18.2 Å². The number of hydrogen-bond acceptors (Lipinski definition) is 5. The number of nitrogens with zero attached hydrogens (tertiary/aromatic N) is 1. The van der Waals surface area contributed by atoms with Gasteiger partial charge in [-0.25, -0.2) is 5.43 Å². The summed E-state index contributed by atoms with van der Waals surface area (Å²) in [5.74, 6) is 0.671. The number of anilines is 1. The van der Waals surface area contributed by atoms with Gasteiger partial charge in [0, 0.05) is 18.5 Å². The Kier molecular flexibility index (Phi) is 9.86. The monoisotopic (exact) mass is 475 g/mol. The normalized spacial score (nSPS) is 10.6. The van der Waals surface area contributed by atoms with Crippen molar-refractivity contribution >= 4 is 39.6 Å². The van der Waals surface area contributed by atoms with Crippen molar-refractivity contribution in [2.75, 3.05) is 18.5 Å². The molecule has 2 N–H and O–H groups in total. The van der Waals surface area contributed by atoms with Gasteiger partial charge in [0.2, 0.25) is 11.8 Å². The Bertz CT molecular complexity index is 872. The van der Waals surface area contributed by atoms with Crippen molar-refractivity contribution < 1.29 is 19.1 Å². The third kappa shape index (κ3) is 7.87. The van der Waals surface area contributed by atoms with Crippen LogP contribution in [0.4, 0.5) is 5.69 Å². The lowest BCUT2D eigenvalue weighted by molar-refractivity contribution is -0.124. The predicted octanol–water partition coefficient (Wildman–Crippen LogP) is 4.51. The topological polar surface area (TPSA) is 89.0 Å². The van der Waals surface area contributed by atoms with Crippen LogP contribution < -0.4 is 20.2 Å². The van der Waals surface area contributed by atoms with E-state index in [2.05, 4.69) is 31.8 Å². The van der Waals surface area contributed by atoms with Crippen molar-refractivity contribution in [2.24, 2.45) is 5.10 Å². The molecular formula is C22H26BrN3O4. The molecule has 8 heteroatoms. The molecule has 0 aromatic heterocycles. The standard InChI is InChI=1S/C22H26BrN3O4/c1-3-12-30-22-18(23)13-16(14-19(22)29-4-2)15-24-26-21(28)11-10-20(27)25-17-8-6-5-7-9-17/h5-9,13-15H,3-4,10-12H2,1-2H3,(H,25,27)(H,26,28). The summed E-state index contributed by atoms with van der Waals surface area (Å²) in [6.45, 7) is 5.01. The third-order valence-corrected chi connectivity index (χ3v) is 4.41. The highest BCUT2D eigenvalue weighted by atomic mass is 79.9. The predicted molar refractivity (Wildman–Crippen MR) is 121 cm³/mol. The Hall–Kier alpha value is -2.87. The molecule has 0 spiro atoms. The van der Waals surface area contributed by atoms with Crippen molar-refractivity contribution in [2.45, 2.75) is 33.1 Å². The highest BCUT2D eigenvalue weighted by molar-refractivity contribution is 9.10. The van der Waals surface area contributed by atoms with Crippen LogP contribution in [-0.2, 0) is 9.59 Å². The molecule has 30 heavy (non-hydrogen) atoms. The van der Waals surface area contributed by atoms with Crippen LogP contribution in [0.2, 0.25) is 0 Å². The maximum absolute atomic E-state index is 11.9. The minimum atomic E-state index is -0.346. The summed E-state index contributed by atoms with van der Waals surface area (Å²) >= 11 is 3.49. The zero-order chi connectivity index (χ0) is 21.8. The fourth-order valence-electron chi connectivity index (χ4n) is 2.48. The first kappa shape index (κ1) is 23.4. The molecule has 2 aromatic carbocycles. The molecule has 0 saturated heterocycles. The molecule has 0 aliphatic carbocycles. The number of hydrazone groups is 1. The van der Waals surface area contributed by atoms with Crippen molar-refractivity contribution in [1.82, 2.24) is 5.43 Å². The Balaban J connectivity index is 1.87.